The molecule has 0 fully saturated rings. The van der Waals surface area contributed by atoms with Gasteiger partial charge in [0.05, 0.1) is 4.47 Å². The number of hydrogen-bond donors (Lipinski definition) is 0. The zero-order chi connectivity index (χ0) is 22.2. The molecule has 160 valence electrons. The minimum absolute atomic E-state index is 0.199. The first kappa shape index (κ1) is 21.7. The molecule has 5 heteroatoms. The second-order valence-corrected chi connectivity index (χ2v) is 7.87. The number of rotatable bonds is 8. The Hall–Kier alpha value is -3.57. The summed E-state index contributed by atoms with van der Waals surface area (Å²) in [4.78, 5) is 12.2. The first-order valence-electron chi connectivity index (χ1n) is 10.1. The second-order valence-electron chi connectivity index (χ2n) is 7.02. The predicted octanol–water partition coefficient (Wildman–Crippen LogP) is 6.68. The summed E-state index contributed by atoms with van der Waals surface area (Å²) >= 11 is 3.51. The van der Waals surface area contributed by atoms with E-state index in [1.807, 2.05) is 78.9 Å². The highest BCUT2D eigenvalue weighted by Crippen LogP contribution is 2.30. The average molecular weight is 489 g/mol. The third kappa shape index (κ3) is 5.99. The summed E-state index contributed by atoms with van der Waals surface area (Å²) in [5.41, 5.74) is 3.25. The van der Waals surface area contributed by atoms with E-state index < -0.39 is 5.97 Å². The maximum absolute atomic E-state index is 12.2. The topological polar surface area (TPSA) is 44.8 Å². The van der Waals surface area contributed by atoms with Crippen molar-refractivity contribution >= 4 is 21.9 Å². The summed E-state index contributed by atoms with van der Waals surface area (Å²) in [6.07, 6.45) is 0. The summed E-state index contributed by atoms with van der Waals surface area (Å²) in [6.45, 7) is 0.279. The summed E-state index contributed by atoms with van der Waals surface area (Å²) in [5.74, 6) is 1.23. The lowest BCUT2D eigenvalue weighted by Crippen LogP contribution is -2.17. The van der Waals surface area contributed by atoms with Gasteiger partial charge in [-0.25, -0.2) is 4.79 Å². The van der Waals surface area contributed by atoms with E-state index >= 15 is 0 Å². The van der Waals surface area contributed by atoms with Crippen molar-refractivity contribution in [3.8, 4) is 28.4 Å². The largest absolute Gasteiger partial charge is 0.489 e. The van der Waals surface area contributed by atoms with Crippen LogP contribution in [0.3, 0.4) is 0 Å². The molecule has 4 nitrogen and oxygen atoms in total. The normalized spacial score (nSPS) is 10.4. The van der Waals surface area contributed by atoms with Gasteiger partial charge in [-0.1, -0.05) is 66.7 Å². The fourth-order valence-electron chi connectivity index (χ4n) is 3.07. The molecule has 0 aromatic heterocycles. The second kappa shape index (κ2) is 10.6. The van der Waals surface area contributed by atoms with Crippen LogP contribution in [0.15, 0.2) is 108 Å². The molecule has 0 heterocycles. The predicted molar refractivity (Wildman–Crippen MR) is 128 cm³/mol. The number of benzene rings is 4. The third-order valence-electron chi connectivity index (χ3n) is 4.69. The molecule has 0 aliphatic rings. The lowest BCUT2D eigenvalue weighted by Gasteiger charge is -2.10. The number of halogens is 1. The van der Waals surface area contributed by atoms with E-state index in [0.717, 1.165) is 21.2 Å². The van der Waals surface area contributed by atoms with Crippen LogP contribution in [-0.2, 0) is 11.4 Å². The summed E-state index contributed by atoms with van der Waals surface area (Å²) in [5, 5.41) is 0. The van der Waals surface area contributed by atoms with Crippen LogP contribution in [0.1, 0.15) is 5.56 Å². The molecule has 4 rings (SSSR count). The van der Waals surface area contributed by atoms with Gasteiger partial charge in [0.1, 0.15) is 23.9 Å². The SMILES string of the molecule is O=C(COc1ccc(-c2ccccc2)cc1Br)Oc1ccc(OCc2ccccc2)cc1. The van der Waals surface area contributed by atoms with Gasteiger partial charge >= 0.3 is 5.97 Å². The highest BCUT2D eigenvalue weighted by molar-refractivity contribution is 9.10. The molecule has 0 aliphatic carbocycles. The fraction of sp³-hybridized carbons (Fsp3) is 0.0741. The lowest BCUT2D eigenvalue weighted by atomic mass is 10.1. The minimum Gasteiger partial charge on any atom is -0.489 e. The molecule has 0 amide bonds. The first-order chi connectivity index (χ1) is 15.7. The van der Waals surface area contributed by atoms with Crippen molar-refractivity contribution in [2.45, 2.75) is 6.61 Å². The first-order valence-corrected chi connectivity index (χ1v) is 10.9. The van der Waals surface area contributed by atoms with E-state index in [1.165, 1.54) is 0 Å². The molecular formula is C27H21BrO4. The molecule has 0 radical (unpaired) electrons. The number of carbonyl (C=O) groups is 1. The average Bonchev–Trinajstić information content (AvgIpc) is 2.84. The Morgan fingerprint density at radius 1 is 0.688 bits per heavy atom. The van der Waals surface area contributed by atoms with Crippen LogP contribution in [0.25, 0.3) is 11.1 Å². The highest BCUT2D eigenvalue weighted by Gasteiger charge is 2.10. The van der Waals surface area contributed by atoms with Crippen molar-refractivity contribution in [2.24, 2.45) is 0 Å². The molecule has 0 N–H and O–H groups in total. The molecule has 32 heavy (non-hydrogen) atoms. The van der Waals surface area contributed by atoms with Crippen LogP contribution in [-0.4, -0.2) is 12.6 Å². The van der Waals surface area contributed by atoms with Crippen LogP contribution < -0.4 is 14.2 Å². The zero-order valence-corrected chi connectivity index (χ0v) is 18.8. The number of esters is 1. The monoisotopic (exact) mass is 488 g/mol. The minimum atomic E-state index is -0.484. The highest BCUT2D eigenvalue weighted by atomic mass is 79.9. The number of hydrogen-bond acceptors (Lipinski definition) is 4. The van der Waals surface area contributed by atoms with E-state index in [-0.39, 0.29) is 6.61 Å². The Bertz CT molecular complexity index is 1160. The van der Waals surface area contributed by atoms with Crippen molar-refractivity contribution in [2.75, 3.05) is 6.61 Å². The van der Waals surface area contributed by atoms with Gasteiger partial charge in [-0.15, -0.1) is 0 Å². The Kier molecular flexibility index (Phi) is 7.20. The van der Waals surface area contributed by atoms with Gasteiger partial charge in [0, 0.05) is 0 Å². The summed E-state index contributed by atoms with van der Waals surface area (Å²) in [6, 6.07) is 32.6. The van der Waals surface area contributed by atoms with Crippen LogP contribution in [0.4, 0.5) is 0 Å². The summed E-state index contributed by atoms with van der Waals surface area (Å²) < 4.78 is 17.5. The molecule has 0 saturated carbocycles. The molecule has 4 aromatic rings. The van der Waals surface area contributed by atoms with Crippen molar-refractivity contribution in [3.63, 3.8) is 0 Å². The van der Waals surface area contributed by atoms with Crippen molar-refractivity contribution in [3.05, 3.63) is 113 Å². The Morgan fingerprint density at radius 3 is 2.03 bits per heavy atom. The maximum atomic E-state index is 12.2. The molecule has 0 unspecified atom stereocenters. The molecule has 0 atom stereocenters. The molecule has 4 aromatic carbocycles. The smallest absolute Gasteiger partial charge is 0.349 e. The van der Waals surface area contributed by atoms with Crippen molar-refractivity contribution in [1.82, 2.24) is 0 Å². The van der Waals surface area contributed by atoms with Crippen molar-refractivity contribution < 1.29 is 19.0 Å². The van der Waals surface area contributed by atoms with Gasteiger partial charge in [-0.3, -0.25) is 0 Å². The lowest BCUT2D eigenvalue weighted by molar-refractivity contribution is -0.136. The van der Waals surface area contributed by atoms with Crippen LogP contribution >= 0.6 is 15.9 Å². The van der Waals surface area contributed by atoms with E-state index in [4.69, 9.17) is 14.2 Å². The van der Waals surface area contributed by atoms with Gasteiger partial charge in [-0.05, 0) is 69.0 Å². The standard InChI is InChI=1S/C27H21BrO4/c28-25-17-22(21-9-5-2-6-10-21)11-16-26(25)31-19-27(29)32-24-14-12-23(13-15-24)30-18-20-7-3-1-4-8-20/h1-17H,18-19H2. The van der Waals surface area contributed by atoms with Crippen LogP contribution in [0, 0.1) is 0 Å². The third-order valence-corrected chi connectivity index (χ3v) is 5.31. The quantitative estimate of drug-likeness (QED) is 0.205. The molecule has 0 bridgehead atoms. The van der Waals surface area contributed by atoms with Crippen LogP contribution in [0.2, 0.25) is 0 Å². The summed E-state index contributed by atoms with van der Waals surface area (Å²) in [7, 11) is 0. The zero-order valence-electron chi connectivity index (χ0n) is 17.2. The van der Waals surface area contributed by atoms with E-state index in [9.17, 15) is 4.79 Å². The maximum Gasteiger partial charge on any atom is 0.349 e. The molecular weight excluding hydrogens is 468 g/mol. The van der Waals surface area contributed by atoms with Gasteiger partial charge in [0.2, 0.25) is 0 Å². The van der Waals surface area contributed by atoms with Crippen LogP contribution in [0.5, 0.6) is 17.2 Å². The Balaban J connectivity index is 1.27. The molecule has 0 aliphatic heterocycles. The van der Waals surface area contributed by atoms with Gasteiger partial charge < -0.3 is 14.2 Å². The fourth-order valence-corrected chi connectivity index (χ4v) is 3.56. The number of carbonyl (C=O) groups excluding carboxylic acids is 1. The van der Waals surface area contributed by atoms with E-state index in [1.54, 1.807) is 24.3 Å². The Morgan fingerprint density at radius 2 is 1.34 bits per heavy atom. The Labute approximate surface area is 195 Å². The van der Waals surface area contributed by atoms with E-state index in [0.29, 0.717) is 23.9 Å². The number of ether oxygens (including phenoxy) is 3. The van der Waals surface area contributed by atoms with Crippen molar-refractivity contribution in [1.29, 1.82) is 0 Å². The van der Waals surface area contributed by atoms with E-state index in [2.05, 4.69) is 15.9 Å². The molecule has 0 saturated heterocycles. The van der Waals surface area contributed by atoms with Gasteiger partial charge in [0.15, 0.2) is 6.61 Å². The molecule has 0 spiro atoms. The van der Waals surface area contributed by atoms with Gasteiger partial charge in [0.25, 0.3) is 0 Å². The van der Waals surface area contributed by atoms with Gasteiger partial charge in [-0.2, -0.15) is 0 Å².